The molecule has 0 radical (unpaired) electrons. The van der Waals surface area contributed by atoms with Crippen LogP contribution in [0.15, 0.2) is 4.99 Å². The average Bonchev–Trinajstić information content (AvgIpc) is 3.30. The summed E-state index contributed by atoms with van der Waals surface area (Å²) in [6, 6.07) is 0. The van der Waals surface area contributed by atoms with Gasteiger partial charge in [0, 0.05) is 18.5 Å². The zero-order chi connectivity index (χ0) is 20.3. The van der Waals surface area contributed by atoms with Crippen molar-refractivity contribution in [1.29, 1.82) is 0 Å². The van der Waals surface area contributed by atoms with Gasteiger partial charge in [0.2, 0.25) is 5.96 Å². The predicted octanol–water partition coefficient (Wildman–Crippen LogP) is 2.17. The minimum Gasteiger partial charge on any atom is -0.393 e. The molecular formula is C23H40N4O2. The van der Waals surface area contributed by atoms with Gasteiger partial charge in [-0.3, -0.25) is 10.4 Å². The number of fused-ring (bicyclic) bond motifs is 5. The Bertz CT molecular complexity index is 671. The number of rotatable bonds is 3. The molecule has 0 bridgehead atoms. The fraction of sp³-hybridized carbons (Fsp3) is 0.957. The second kappa shape index (κ2) is 7.10. The van der Waals surface area contributed by atoms with E-state index in [9.17, 15) is 10.2 Å². The summed E-state index contributed by atoms with van der Waals surface area (Å²) in [7, 11) is 0. The highest BCUT2D eigenvalue weighted by Gasteiger charge is 2.66. The molecule has 4 saturated carbocycles. The first-order valence-electron chi connectivity index (χ1n) is 12.0. The van der Waals surface area contributed by atoms with Crippen LogP contribution in [-0.2, 0) is 0 Å². The van der Waals surface area contributed by atoms with Crippen molar-refractivity contribution >= 4 is 5.96 Å². The van der Waals surface area contributed by atoms with Crippen molar-refractivity contribution in [3.05, 3.63) is 0 Å². The Balaban J connectivity index is 1.31. The summed E-state index contributed by atoms with van der Waals surface area (Å²) in [6.07, 6.45) is 9.70. The second-order valence-electron chi connectivity index (χ2n) is 11.2. The first-order valence-corrected chi connectivity index (χ1v) is 12.0. The molecule has 3 unspecified atom stereocenters. The van der Waals surface area contributed by atoms with Gasteiger partial charge in [0.25, 0.3) is 0 Å². The second-order valence-corrected chi connectivity index (χ2v) is 11.2. The highest BCUT2D eigenvalue weighted by Crippen LogP contribution is 2.68. The summed E-state index contributed by atoms with van der Waals surface area (Å²) in [6.45, 7) is 7.48. The molecule has 0 aromatic heterocycles. The number of hydrogen-bond acceptors (Lipinski definition) is 6. The standard InChI is InChI=1S/C23H40N4O2/c1-21-8-6-17(28)13-15(21)3-4-19-18(21)7-9-22(2)16(5-10-23(19,22)29)14-26-27-20-24-11-12-25-20/h15-19,26,28-29H,3-14H2,1-2H3,(H2,24,25,27)/t15?,16?,17?,18-,19-,21+,22-,23-/m1/s1. The molecule has 0 aromatic rings. The average molecular weight is 405 g/mol. The van der Waals surface area contributed by atoms with Gasteiger partial charge < -0.3 is 15.5 Å². The third kappa shape index (κ3) is 2.96. The fourth-order valence-corrected chi connectivity index (χ4v) is 8.38. The van der Waals surface area contributed by atoms with Crippen LogP contribution in [0.3, 0.4) is 0 Å². The van der Waals surface area contributed by atoms with Crippen LogP contribution in [0.1, 0.15) is 71.6 Å². The van der Waals surface area contributed by atoms with Gasteiger partial charge in [-0.15, -0.1) is 0 Å². The van der Waals surface area contributed by atoms with Crippen LogP contribution < -0.4 is 16.2 Å². The van der Waals surface area contributed by atoms with Gasteiger partial charge in [-0.2, -0.15) is 0 Å². The van der Waals surface area contributed by atoms with Crippen molar-refractivity contribution in [2.75, 3.05) is 19.6 Å². The van der Waals surface area contributed by atoms with E-state index >= 15 is 0 Å². The number of hydrogen-bond donors (Lipinski definition) is 5. The molecule has 0 amide bonds. The van der Waals surface area contributed by atoms with Crippen LogP contribution in [0.5, 0.6) is 0 Å². The highest BCUT2D eigenvalue weighted by atomic mass is 16.3. The molecule has 0 aromatic carbocycles. The van der Waals surface area contributed by atoms with Gasteiger partial charge in [-0.05, 0) is 86.9 Å². The van der Waals surface area contributed by atoms with Crippen LogP contribution >= 0.6 is 0 Å². The van der Waals surface area contributed by atoms with Crippen molar-refractivity contribution in [2.45, 2.75) is 83.3 Å². The highest BCUT2D eigenvalue weighted by molar-refractivity contribution is 5.80. The van der Waals surface area contributed by atoms with E-state index in [0.29, 0.717) is 29.1 Å². The normalized spacial score (nSPS) is 51.4. The summed E-state index contributed by atoms with van der Waals surface area (Å²) in [5, 5.41) is 25.6. The molecule has 0 spiro atoms. The maximum absolute atomic E-state index is 12.2. The number of nitrogens with one attached hydrogen (secondary N) is 3. The zero-order valence-corrected chi connectivity index (χ0v) is 18.2. The van der Waals surface area contributed by atoms with Gasteiger partial charge >= 0.3 is 0 Å². The molecule has 5 N–H and O–H groups in total. The zero-order valence-electron chi connectivity index (χ0n) is 18.2. The lowest BCUT2D eigenvalue weighted by atomic mass is 9.43. The summed E-state index contributed by atoms with van der Waals surface area (Å²) in [5.74, 6) is 3.02. The molecular weight excluding hydrogens is 364 g/mol. The van der Waals surface area contributed by atoms with E-state index in [1.165, 1.54) is 12.8 Å². The van der Waals surface area contributed by atoms with E-state index in [2.05, 4.69) is 35.0 Å². The maximum Gasteiger partial charge on any atom is 0.206 e. The van der Waals surface area contributed by atoms with Crippen molar-refractivity contribution in [3.8, 4) is 0 Å². The third-order valence-electron chi connectivity index (χ3n) is 10.2. The molecule has 5 rings (SSSR count). The van der Waals surface area contributed by atoms with Crippen LogP contribution in [-0.4, -0.2) is 47.5 Å². The van der Waals surface area contributed by atoms with Crippen LogP contribution in [0.25, 0.3) is 0 Å². The lowest BCUT2D eigenvalue weighted by Gasteiger charge is -2.63. The third-order valence-corrected chi connectivity index (χ3v) is 10.2. The largest absolute Gasteiger partial charge is 0.393 e. The first kappa shape index (κ1) is 20.1. The van der Waals surface area contributed by atoms with Crippen molar-refractivity contribution in [1.82, 2.24) is 16.2 Å². The maximum atomic E-state index is 12.2. The number of aliphatic hydroxyl groups is 2. The molecule has 6 nitrogen and oxygen atoms in total. The Hall–Kier alpha value is -0.850. The van der Waals surface area contributed by atoms with Gasteiger partial charge in [-0.1, -0.05) is 13.8 Å². The lowest BCUT2D eigenvalue weighted by molar-refractivity contribution is -0.209. The van der Waals surface area contributed by atoms with Crippen LogP contribution in [0.2, 0.25) is 0 Å². The van der Waals surface area contributed by atoms with Gasteiger partial charge in [0.15, 0.2) is 0 Å². The molecule has 8 atom stereocenters. The monoisotopic (exact) mass is 404 g/mol. The van der Waals surface area contributed by atoms with E-state index in [1.807, 2.05) is 0 Å². The first-order chi connectivity index (χ1) is 13.9. The molecule has 1 aliphatic heterocycles. The smallest absolute Gasteiger partial charge is 0.206 e. The fourth-order valence-electron chi connectivity index (χ4n) is 8.38. The van der Waals surface area contributed by atoms with E-state index in [4.69, 9.17) is 0 Å². The van der Waals surface area contributed by atoms with E-state index in [-0.39, 0.29) is 11.5 Å². The van der Waals surface area contributed by atoms with Crippen molar-refractivity contribution in [2.24, 2.45) is 39.5 Å². The quantitative estimate of drug-likeness (QED) is 0.465. The predicted molar refractivity (Wildman–Crippen MR) is 114 cm³/mol. The van der Waals surface area contributed by atoms with Crippen molar-refractivity contribution < 1.29 is 10.2 Å². The molecule has 0 saturated heterocycles. The van der Waals surface area contributed by atoms with Crippen molar-refractivity contribution in [3.63, 3.8) is 0 Å². The van der Waals surface area contributed by atoms with Crippen LogP contribution in [0, 0.1) is 34.5 Å². The SMILES string of the molecule is C[C@]12CCC(O)CC1CC[C@@H]1[C@H]2CC[C@]2(C)C(CNNC3=NCCN3)CC[C@@]12O. The summed E-state index contributed by atoms with van der Waals surface area (Å²) < 4.78 is 0. The molecule has 4 aliphatic carbocycles. The Morgan fingerprint density at radius 3 is 2.72 bits per heavy atom. The molecule has 1 heterocycles. The number of aliphatic hydroxyl groups excluding tert-OH is 1. The summed E-state index contributed by atoms with van der Waals surface area (Å²) in [5.41, 5.74) is 6.38. The molecule has 6 heteroatoms. The number of hydrazine groups is 1. The van der Waals surface area contributed by atoms with E-state index < -0.39 is 5.60 Å². The minimum absolute atomic E-state index is 0.00879. The Kier molecular flexibility index (Phi) is 4.91. The van der Waals surface area contributed by atoms with E-state index in [1.54, 1.807) is 0 Å². The van der Waals surface area contributed by atoms with Gasteiger partial charge in [0.1, 0.15) is 0 Å². The Morgan fingerprint density at radius 1 is 1.07 bits per heavy atom. The molecule has 164 valence electrons. The number of nitrogens with zero attached hydrogens (tertiary/aromatic N) is 1. The van der Waals surface area contributed by atoms with Crippen LogP contribution in [0.4, 0.5) is 0 Å². The summed E-state index contributed by atoms with van der Waals surface area (Å²) in [4.78, 5) is 4.38. The minimum atomic E-state index is -0.532. The molecule has 5 aliphatic rings. The summed E-state index contributed by atoms with van der Waals surface area (Å²) >= 11 is 0. The Morgan fingerprint density at radius 2 is 1.93 bits per heavy atom. The molecule has 29 heavy (non-hydrogen) atoms. The Labute approximate surface area is 175 Å². The lowest BCUT2D eigenvalue weighted by Crippen LogP contribution is -2.63. The van der Waals surface area contributed by atoms with Gasteiger partial charge in [0.05, 0.1) is 18.2 Å². The number of guanidine groups is 1. The van der Waals surface area contributed by atoms with Gasteiger partial charge in [-0.25, -0.2) is 5.43 Å². The topological polar surface area (TPSA) is 88.9 Å². The van der Waals surface area contributed by atoms with E-state index in [0.717, 1.165) is 70.5 Å². The molecule has 4 fully saturated rings. The number of aliphatic imine (C=N–C) groups is 1.